The smallest absolute Gasteiger partial charge is 0.258 e. The van der Waals surface area contributed by atoms with Crippen LogP contribution < -0.4 is 5.56 Å². The quantitative estimate of drug-likeness (QED) is 0.862. The molecule has 4 rings (SSSR count). The lowest BCUT2D eigenvalue weighted by molar-refractivity contribution is -0.146. The van der Waals surface area contributed by atoms with E-state index >= 15 is 0 Å². The Morgan fingerprint density at radius 3 is 2.89 bits per heavy atom. The van der Waals surface area contributed by atoms with Gasteiger partial charge < -0.3 is 10.0 Å². The first-order valence-corrected chi connectivity index (χ1v) is 9.63. The summed E-state index contributed by atoms with van der Waals surface area (Å²) in [6.07, 6.45) is 2.71. The van der Waals surface area contributed by atoms with Gasteiger partial charge in [-0.05, 0) is 44.9 Å². The number of β-amino-alcohol motifs (C(OH)–C–C–N with tert-alkyl or cyclic N) is 1. The Bertz CT molecular complexity index is 923. The van der Waals surface area contributed by atoms with Crippen molar-refractivity contribution in [2.75, 3.05) is 32.8 Å². The number of aliphatic hydroxyl groups excluding tert-OH is 1. The molecule has 1 amide bonds. The Morgan fingerprint density at radius 1 is 1.22 bits per heavy atom. The average molecular weight is 370 g/mol. The van der Waals surface area contributed by atoms with Gasteiger partial charge in [0.1, 0.15) is 5.65 Å². The minimum atomic E-state index is -0.337. The van der Waals surface area contributed by atoms with E-state index in [4.69, 9.17) is 0 Å². The number of aromatic nitrogens is 2. The molecule has 0 bridgehead atoms. The van der Waals surface area contributed by atoms with Crippen LogP contribution in [-0.4, -0.2) is 63.0 Å². The highest BCUT2D eigenvalue weighted by molar-refractivity contribution is 5.84. The van der Waals surface area contributed by atoms with Crippen molar-refractivity contribution >= 4 is 11.6 Å². The molecule has 4 heterocycles. The van der Waals surface area contributed by atoms with E-state index < -0.39 is 0 Å². The number of amides is 1. The molecule has 144 valence electrons. The first kappa shape index (κ1) is 18.1. The molecule has 7 nitrogen and oxygen atoms in total. The van der Waals surface area contributed by atoms with Crippen LogP contribution in [0.3, 0.4) is 0 Å². The summed E-state index contributed by atoms with van der Waals surface area (Å²) in [5, 5.41) is 9.20. The van der Waals surface area contributed by atoms with Crippen LogP contribution in [0.1, 0.15) is 30.7 Å². The van der Waals surface area contributed by atoms with Crippen LogP contribution in [0.25, 0.3) is 5.65 Å². The molecule has 1 N–H and O–H groups in total. The number of piperidine rings is 1. The zero-order chi connectivity index (χ0) is 19.0. The highest BCUT2D eigenvalue weighted by Crippen LogP contribution is 2.40. The van der Waals surface area contributed by atoms with Crippen LogP contribution in [0.15, 0.2) is 29.1 Å². The fourth-order valence-electron chi connectivity index (χ4n) is 4.63. The molecule has 27 heavy (non-hydrogen) atoms. The normalized spacial score (nSPS) is 23.6. The summed E-state index contributed by atoms with van der Waals surface area (Å²) in [5.74, 6) is 0.174. The third-order valence-corrected chi connectivity index (χ3v) is 5.95. The predicted molar refractivity (Wildman–Crippen MR) is 101 cm³/mol. The number of rotatable bonds is 4. The van der Waals surface area contributed by atoms with Crippen molar-refractivity contribution < 1.29 is 9.90 Å². The van der Waals surface area contributed by atoms with Gasteiger partial charge in [0, 0.05) is 37.9 Å². The Morgan fingerprint density at radius 2 is 2.07 bits per heavy atom. The van der Waals surface area contributed by atoms with Crippen molar-refractivity contribution in [1.29, 1.82) is 0 Å². The van der Waals surface area contributed by atoms with Gasteiger partial charge in [-0.1, -0.05) is 6.07 Å². The number of likely N-dealkylation sites (tertiary alicyclic amines) is 2. The predicted octanol–water partition coefficient (Wildman–Crippen LogP) is 0.810. The van der Waals surface area contributed by atoms with Crippen LogP contribution in [0.2, 0.25) is 0 Å². The summed E-state index contributed by atoms with van der Waals surface area (Å²) < 4.78 is 1.62. The van der Waals surface area contributed by atoms with Gasteiger partial charge in [0.2, 0.25) is 5.91 Å². The topological polar surface area (TPSA) is 78.2 Å². The zero-order valence-electron chi connectivity index (χ0n) is 15.7. The summed E-state index contributed by atoms with van der Waals surface area (Å²) in [5.41, 5.74) is 1.88. The van der Waals surface area contributed by atoms with Gasteiger partial charge in [0.05, 0.1) is 17.7 Å². The molecule has 0 radical (unpaired) electrons. The first-order chi connectivity index (χ1) is 13.0. The van der Waals surface area contributed by atoms with E-state index in [9.17, 15) is 14.7 Å². The van der Waals surface area contributed by atoms with Crippen LogP contribution in [0, 0.1) is 12.3 Å². The lowest BCUT2D eigenvalue weighted by atomic mass is 9.78. The molecule has 1 atom stereocenters. The molecule has 1 spiro atoms. The van der Waals surface area contributed by atoms with E-state index in [0.29, 0.717) is 25.3 Å². The SMILES string of the molecule is Cc1cccc2nc(CN3CCC4(CCCN(CCO)C4=O)C3)cc(=O)n12. The summed E-state index contributed by atoms with van der Waals surface area (Å²) in [4.78, 5) is 34.1. The minimum absolute atomic E-state index is 0.00983. The maximum Gasteiger partial charge on any atom is 0.258 e. The Hall–Kier alpha value is -2.25. The maximum absolute atomic E-state index is 12.9. The van der Waals surface area contributed by atoms with Gasteiger partial charge >= 0.3 is 0 Å². The standard InChI is InChI=1S/C20H26N4O3/c1-15-4-2-5-17-21-16(12-18(26)24(15)17)13-22-9-7-20(14-22)6-3-8-23(10-11-25)19(20)27/h2,4-5,12,25H,3,6-11,13-14H2,1H3. The van der Waals surface area contributed by atoms with E-state index in [0.717, 1.165) is 43.7 Å². The highest BCUT2D eigenvalue weighted by atomic mass is 16.3. The third-order valence-electron chi connectivity index (χ3n) is 5.95. The summed E-state index contributed by atoms with van der Waals surface area (Å²) in [7, 11) is 0. The number of carbonyl (C=O) groups is 1. The molecule has 0 aliphatic carbocycles. The number of carbonyl (C=O) groups excluding carboxylic acids is 1. The fraction of sp³-hybridized carbons (Fsp3) is 0.550. The molecule has 0 saturated carbocycles. The van der Waals surface area contributed by atoms with Gasteiger partial charge in [0.15, 0.2) is 0 Å². The van der Waals surface area contributed by atoms with Crippen LogP contribution in [0.4, 0.5) is 0 Å². The van der Waals surface area contributed by atoms with E-state index in [-0.39, 0.29) is 23.5 Å². The largest absolute Gasteiger partial charge is 0.395 e. The van der Waals surface area contributed by atoms with Crippen molar-refractivity contribution in [2.45, 2.75) is 32.7 Å². The average Bonchev–Trinajstić information content (AvgIpc) is 3.02. The van der Waals surface area contributed by atoms with Gasteiger partial charge in [-0.2, -0.15) is 0 Å². The molecule has 2 fully saturated rings. The second-order valence-electron chi connectivity index (χ2n) is 7.81. The number of pyridine rings is 1. The number of hydrogen-bond donors (Lipinski definition) is 1. The second-order valence-corrected chi connectivity index (χ2v) is 7.81. The Kier molecular flexibility index (Phi) is 4.74. The van der Waals surface area contributed by atoms with Gasteiger partial charge in [0.25, 0.3) is 5.56 Å². The molecule has 2 saturated heterocycles. The van der Waals surface area contributed by atoms with Gasteiger partial charge in [-0.25, -0.2) is 4.98 Å². The summed E-state index contributed by atoms with van der Waals surface area (Å²) >= 11 is 0. The first-order valence-electron chi connectivity index (χ1n) is 9.63. The Labute approximate surface area is 158 Å². The number of aliphatic hydroxyl groups is 1. The molecular weight excluding hydrogens is 344 g/mol. The van der Waals surface area contributed by atoms with Crippen LogP contribution in [-0.2, 0) is 11.3 Å². The van der Waals surface area contributed by atoms with Crippen molar-refractivity contribution in [2.24, 2.45) is 5.41 Å². The maximum atomic E-state index is 12.9. The highest BCUT2D eigenvalue weighted by Gasteiger charge is 2.48. The van der Waals surface area contributed by atoms with Gasteiger partial charge in [-0.15, -0.1) is 0 Å². The molecule has 7 heteroatoms. The van der Waals surface area contributed by atoms with Crippen molar-refractivity contribution in [3.8, 4) is 0 Å². The van der Waals surface area contributed by atoms with Crippen molar-refractivity contribution in [3.05, 3.63) is 46.0 Å². The lowest BCUT2D eigenvalue weighted by Gasteiger charge is -2.39. The van der Waals surface area contributed by atoms with Crippen molar-refractivity contribution in [3.63, 3.8) is 0 Å². The lowest BCUT2D eigenvalue weighted by Crippen LogP contribution is -2.50. The molecular formula is C20H26N4O3. The van der Waals surface area contributed by atoms with Crippen LogP contribution >= 0.6 is 0 Å². The number of aryl methyl sites for hydroxylation is 1. The van der Waals surface area contributed by atoms with Gasteiger partial charge in [-0.3, -0.25) is 18.9 Å². The number of fused-ring (bicyclic) bond motifs is 1. The third kappa shape index (κ3) is 3.26. The Balaban J connectivity index is 1.53. The zero-order valence-corrected chi connectivity index (χ0v) is 15.7. The minimum Gasteiger partial charge on any atom is -0.395 e. The molecule has 2 aliphatic heterocycles. The summed E-state index contributed by atoms with van der Waals surface area (Å²) in [6.45, 7) is 5.17. The number of nitrogens with zero attached hydrogens (tertiary/aromatic N) is 4. The van der Waals surface area contributed by atoms with E-state index in [1.54, 1.807) is 15.4 Å². The van der Waals surface area contributed by atoms with Crippen molar-refractivity contribution in [1.82, 2.24) is 19.2 Å². The second kappa shape index (κ2) is 7.05. The molecule has 2 aliphatic rings. The van der Waals surface area contributed by atoms with E-state index in [1.807, 2.05) is 25.1 Å². The molecule has 2 aromatic rings. The number of hydrogen-bond acceptors (Lipinski definition) is 5. The molecule has 2 aromatic heterocycles. The van der Waals surface area contributed by atoms with Crippen LogP contribution in [0.5, 0.6) is 0 Å². The monoisotopic (exact) mass is 370 g/mol. The summed E-state index contributed by atoms with van der Waals surface area (Å²) in [6, 6.07) is 7.25. The fourth-order valence-corrected chi connectivity index (χ4v) is 4.63. The molecule has 0 aromatic carbocycles. The molecule has 1 unspecified atom stereocenters. The van der Waals surface area contributed by atoms with E-state index in [2.05, 4.69) is 9.88 Å². The van der Waals surface area contributed by atoms with E-state index in [1.165, 1.54) is 0 Å².